The van der Waals surface area contributed by atoms with Gasteiger partial charge in [-0.3, -0.25) is 5.32 Å². The van der Waals surface area contributed by atoms with Crippen LogP contribution in [-0.2, 0) is 5.54 Å². The highest BCUT2D eigenvalue weighted by Crippen LogP contribution is 2.36. The maximum atomic E-state index is 3.78. The lowest BCUT2D eigenvalue weighted by Crippen LogP contribution is -2.45. The Bertz CT molecular complexity index is 614. The van der Waals surface area contributed by atoms with E-state index in [1.807, 2.05) is 0 Å². The second kappa shape index (κ2) is 7.58. The molecule has 23 heavy (non-hydrogen) atoms. The van der Waals surface area contributed by atoms with Gasteiger partial charge >= 0.3 is 0 Å². The molecular weight excluding hydrogens is 346 g/mol. The van der Waals surface area contributed by atoms with Crippen molar-refractivity contribution in [3.8, 4) is 0 Å². The van der Waals surface area contributed by atoms with Crippen LogP contribution in [0.15, 0.2) is 91.0 Å². The summed E-state index contributed by atoms with van der Waals surface area (Å²) < 4.78 is 0. The van der Waals surface area contributed by atoms with Gasteiger partial charge in [0.2, 0.25) is 0 Å². The standard InChI is InChI=1S/C21H20BrN/c22-16-17-23-21(18-10-4-1-5-11-18,19-12-6-2-7-13-19)20-14-8-3-9-15-20/h1-15,23H,16-17H2. The Hall–Kier alpha value is -1.90. The van der Waals surface area contributed by atoms with Gasteiger partial charge in [-0.25, -0.2) is 0 Å². The largest absolute Gasteiger partial charge is 0.299 e. The molecule has 0 aromatic heterocycles. The SMILES string of the molecule is BrCCNC(c1ccccc1)(c1ccccc1)c1ccccc1. The monoisotopic (exact) mass is 365 g/mol. The van der Waals surface area contributed by atoms with Crippen LogP contribution in [0.1, 0.15) is 16.7 Å². The Labute approximate surface area is 146 Å². The highest BCUT2D eigenvalue weighted by molar-refractivity contribution is 9.09. The van der Waals surface area contributed by atoms with E-state index < -0.39 is 0 Å². The molecule has 1 nitrogen and oxygen atoms in total. The molecule has 0 saturated carbocycles. The Morgan fingerprint density at radius 1 is 0.609 bits per heavy atom. The molecule has 0 fully saturated rings. The Kier molecular flexibility index (Phi) is 5.27. The van der Waals surface area contributed by atoms with Crippen LogP contribution in [0.25, 0.3) is 0 Å². The molecule has 0 heterocycles. The Balaban J connectivity index is 2.25. The lowest BCUT2D eigenvalue weighted by molar-refractivity contribution is 0.491. The normalized spacial score (nSPS) is 11.3. The Morgan fingerprint density at radius 3 is 1.26 bits per heavy atom. The van der Waals surface area contributed by atoms with Gasteiger partial charge < -0.3 is 0 Å². The van der Waals surface area contributed by atoms with Crippen molar-refractivity contribution in [2.75, 3.05) is 11.9 Å². The van der Waals surface area contributed by atoms with Crippen molar-refractivity contribution in [1.82, 2.24) is 5.32 Å². The van der Waals surface area contributed by atoms with Gasteiger partial charge in [-0.15, -0.1) is 0 Å². The van der Waals surface area contributed by atoms with E-state index in [0.29, 0.717) is 0 Å². The molecule has 116 valence electrons. The van der Waals surface area contributed by atoms with Gasteiger partial charge in [0.15, 0.2) is 0 Å². The van der Waals surface area contributed by atoms with Crippen molar-refractivity contribution in [3.63, 3.8) is 0 Å². The first kappa shape index (κ1) is 16.0. The molecule has 3 aromatic carbocycles. The van der Waals surface area contributed by atoms with Crippen LogP contribution >= 0.6 is 15.9 Å². The summed E-state index contributed by atoms with van der Waals surface area (Å²) in [7, 11) is 0. The van der Waals surface area contributed by atoms with Crippen molar-refractivity contribution in [2.24, 2.45) is 0 Å². The highest BCUT2D eigenvalue weighted by Gasteiger charge is 2.35. The van der Waals surface area contributed by atoms with Gasteiger partial charge in [0.05, 0.1) is 5.54 Å². The molecule has 3 aromatic rings. The first-order valence-corrected chi connectivity index (χ1v) is 8.97. The van der Waals surface area contributed by atoms with E-state index in [1.165, 1.54) is 16.7 Å². The molecule has 0 aliphatic heterocycles. The maximum Gasteiger partial charge on any atom is 0.0948 e. The number of rotatable bonds is 6. The predicted molar refractivity (Wildman–Crippen MR) is 101 cm³/mol. The van der Waals surface area contributed by atoms with Gasteiger partial charge in [0.1, 0.15) is 0 Å². The van der Waals surface area contributed by atoms with Crippen LogP contribution in [0.3, 0.4) is 0 Å². The van der Waals surface area contributed by atoms with Crippen LogP contribution in [0.5, 0.6) is 0 Å². The third kappa shape index (κ3) is 3.24. The van der Waals surface area contributed by atoms with Crippen LogP contribution in [-0.4, -0.2) is 11.9 Å². The van der Waals surface area contributed by atoms with Crippen LogP contribution in [0.2, 0.25) is 0 Å². The summed E-state index contributed by atoms with van der Waals surface area (Å²) in [5.41, 5.74) is 3.40. The predicted octanol–water partition coefficient (Wildman–Crippen LogP) is 4.96. The number of benzene rings is 3. The summed E-state index contributed by atoms with van der Waals surface area (Å²) in [5.74, 6) is 0. The number of hydrogen-bond donors (Lipinski definition) is 1. The lowest BCUT2D eigenvalue weighted by Gasteiger charge is -2.37. The van der Waals surface area contributed by atoms with Gasteiger partial charge in [-0.1, -0.05) is 107 Å². The fourth-order valence-electron chi connectivity index (χ4n) is 3.11. The zero-order valence-corrected chi connectivity index (χ0v) is 14.5. The molecule has 0 unspecified atom stereocenters. The molecule has 0 spiro atoms. The molecule has 0 atom stereocenters. The van der Waals surface area contributed by atoms with E-state index in [0.717, 1.165) is 11.9 Å². The summed E-state index contributed by atoms with van der Waals surface area (Å²) in [4.78, 5) is 0. The number of halogens is 1. The minimum absolute atomic E-state index is 0.350. The van der Waals surface area contributed by atoms with Crippen molar-refractivity contribution < 1.29 is 0 Å². The van der Waals surface area contributed by atoms with E-state index in [4.69, 9.17) is 0 Å². The molecule has 0 aliphatic carbocycles. The first-order chi connectivity index (χ1) is 11.4. The van der Waals surface area contributed by atoms with Crippen molar-refractivity contribution in [3.05, 3.63) is 108 Å². The number of alkyl halides is 1. The van der Waals surface area contributed by atoms with E-state index in [2.05, 4.69) is 112 Å². The molecule has 0 aliphatic rings. The van der Waals surface area contributed by atoms with E-state index in [-0.39, 0.29) is 5.54 Å². The molecule has 1 N–H and O–H groups in total. The van der Waals surface area contributed by atoms with Crippen molar-refractivity contribution >= 4 is 15.9 Å². The average molecular weight is 366 g/mol. The minimum atomic E-state index is -0.350. The van der Waals surface area contributed by atoms with E-state index in [9.17, 15) is 0 Å². The van der Waals surface area contributed by atoms with Gasteiger partial charge in [0.25, 0.3) is 0 Å². The van der Waals surface area contributed by atoms with Crippen molar-refractivity contribution in [2.45, 2.75) is 5.54 Å². The second-order valence-electron chi connectivity index (χ2n) is 5.46. The summed E-state index contributed by atoms with van der Waals surface area (Å²) in [6.45, 7) is 0.874. The second-order valence-corrected chi connectivity index (χ2v) is 6.26. The molecular formula is C21H20BrN. The average Bonchev–Trinajstić information content (AvgIpc) is 2.65. The topological polar surface area (TPSA) is 12.0 Å². The van der Waals surface area contributed by atoms with Crippen LogP contribution < -0.4 is 5.32 Å². The van der Waals surface area contributed by atoms with E-state index >= 15 is 0 Å². The minimum Gasteiger partial charge on any atom is -0.299 e. The quantitative estimate of drug-likeness (QED) is 0.480. The maximum absolute atomic E-state index is 3.78. The summed E-state index contributed by atoms with van der Waals surface area (Å²) in [6.07, 6.45) is 0. The molecule has 3 rings (SSSR count). The van der Waals surface area contributed by atoms with Crippen LogP contribution in [0, 0.1) is 0 Å². The fraction of sp³-hybridized carbons (Fsp3) is 0.143. The van der Waals surface area contributed by atoms with Gasteiger partial charge in [0, 0.05) is 11.9 Å². The highest BCUT2D eigenvalue weighted by atomic mass is 79.9. The smallest absolute Gasteiger partial charge is 0.0948 e. The van der Waals surface area contributed by atoms with Gasteiger partial charge in [-0.2, -0.15) is 0 Å². The summed E-state index contributed by atoms with van der Waals surface area (Å²) in [6, 6.07) is 32.0. The van der Waals surface area contributed by atoms with Gasteiger partial charge in [-0.05, 0) is 16.7 Å². The lowest BCUT2D eigenvalue weighted by atomic mass is 9.77. The number of hydrogen-bond acceptors (Lipinski definition) is 1. The third-order valence-corrected chi connectivity index (χ3v) is 4.50. The third-order valence-electron chi connectivity index (χ3n) is 4.11. The molecule has 0 amide bonds. The summed E-state index contributed by atoms with van der Waals surface area (Å²) in [5, 5.41) is 4.69. The van der Waals surface area contributed by atoms with E-state index in [1.54, 1.807) is 0 Å². The molecule has 0 saturated heterocycles. The molecule has 2 heteroatoms. The zero-order chi connectivity index (χ0) is 16.0. The Morgan fingerprint density at radius 2 is 0.957 bits per heavy atom. The molecule has 0 bridgehead atoms. The van der Waals surface area contributed by atoms with Crippen molar-refractivity contribution in [1.29, 1.82) is 0 Å². The summed E-state index contributed by atoms with van der Waals surface area (Å²) >= 11 is 3.56. The first-order valence-electron chi connectivity index (χ1n) is 7.85. The fourth-order valence-corrected chi connectivity index (χ4v) is 3.30. The number of nitrogens with one attached hydrogen (secondary N) is 1. The zero-order valence-electron chi connectivity index (χ0n) is 13.0. The molecule has 0 radical (unpaired) electrons. The van der Waals surface area contributed by atoms with Crippen LogP contribution in [0.4, 0.5) is 0 Å².